The summed E-state index contributed by atoms with van der Waals surface area (Å²) in [4.78, 5) is 0. The lowest BCUT2D eigenvalue weighted by Crippen LogP contribution is -2.11. The number of hydrogen-bond acceptors (Lipinski definition) is 3. The lowest BCUT2D eigenvalue weighted by Gasteiger charge is -2.12. The van der Waals surface area contributed by atoms with E-state index in [-0.39, 0.29) is 0 Å². The molecule has 3 heteroatoms. The smallest absolute Gasteiger partial charge is 0.119 e. The third-order valence-corrected chi connectivity index (χ3v) is 2.85. The molecule has 88 valence electrons. The summed E-state index contributed by atoms with van der Waals surface area (Å²) in [5, 5.41) is 9.45. The lowest BCUT2D eigenvalue weighted by molar-refractivity contribution is 0.166. The van der Waals surface area contributed by atoms with Crippen LogP contribution in [0, 0.1) is 5.92 Å². The van der Waals surface area contributed by atoms with Crippen molar-refractivity contribution in [1.82, 2.24) is 0 Å². The second kappa shape index (κ2) is 5.32. The third-order valence-electron chi connectivity index (χ3n) is 2.85. The summed E-state index contributed by atoms with van der Waals surface area (Å²) in [6.07, 6.45) is 0.633. The monoisotopic (exact) mass is 222 g/mol. The van der Waals surface area contributed by atoms with Crippen molar-refractivity contribution >= 4 is 0 Å². The highest BCUT2D eigenvalue weighted by Gasteiger charge is 2.16. The molecule has 2 atom stereocenters. The Kier molecular flexibility index (Phi) is 3.80. The highest BCUT2D eigenvalue weighted by atomic mass is 16.5. The second-order valence-corrected chi connectivity index (χ2v) is 4.29. The van der Waals surface area contributed by atoms with Crippen molar-refractivity contribution in [3.05, 3.63) is 29.8 Å². The number of hydrogen-bond donors (Lipinski definition) is 1. The molecule has 2 rings (SSSR count). The van der Waals surface area contributed by atoms with Crippen LogP contribution in [0.1, 0.15) is 25.0 Å². The van der Waals surface area contributed by atoms with E-state index in [1.54, 1.807) is 6.92 Å². The molecule has 1 N–H and O–H groups in total. The molecule has 0 aliphatic carbocycles. The molecule has 1 heterocycles. The minimum atomic E-state index is -0.446. The lowest BCUT2D eigenvalue weighted by atomic mass is 10.1. The van der Waals surface area contributed by atoms with Crippen molar-refractivity contribution < 1.29 is 14.6 Å². The van der Waals surface area contributed by atoms with E-state index in [1.165, 1.54) is 0 Å². The molecule has 0 amide bonds. The van der Waals surface area contributed by atoms with Crippen LogP contribution in [0.25, 0.3) is 0 Å². The fourth-order valence-electron chi connectivity index (χ4n) is 1.79. The first-order valence-electron chi connectivity index (χ1n) is 5.74. The van der Waals surface area contributed by atoms with E-state index in [0.29, 0.717) is 12.5 Å². The molecule has 0 radical (unpaired) electrons. The minimum absolute atomic E-state index is 0.446. The largest absolute Gasteiger partial charge is 0.493 e. The van der Waals surface area contributed by atoms with Gasteiger partial charge in [-0.15, -0.1) is 0 Å². The first-order chi connectivity index (χ1) is 7.75. The molecule has 3 nitrogen and oxygen atoms in total. The Morgan fingerprint density at radius 3 is 3.12 bits per heavy atom. The van der Waals surface area contributed by atoms with E-state index in [0.717, 1.165) is 30.9 Å². The summed E-state index contributed by atoms with van der Waals surface area (Å²) < 4.78 is 11.0. The van der Waals surface area contributed by atoms with Crippen molar-refractivity contribution in [3.63, 3.8) is 0 Å². The van der Waals surface area contributed by atoms with Crippen LogP contribution < -0.4 is 4.74 Å². The van der Waals surface area contributed by atoms with E-state index in [2.05, 4.69) is 0 Å². The molecule has 1 aromatic rings. The average Bonchev–Trinajstić information content (AvgIpc) is 2.79. The van der Waals surface area contributed by atoms with Crippen molar-refractivity contribution in [3.8, 4) is 5.75 Å². The fourth-order valence-corrected chi connectivity index (χ4v) is 1.79. The normalized spacial score (nSPS) is 22.0. The highest BCUT2D eigenvalue weighted by Crippen LogP contribution is 2.20. The predicted octanol–water partition coefficient (Wildman–Crippen LogP) is 2.16. The molecule has 0 bridgehead atoms. The van der Waals surface area contributed by atoms with E-state index >= 15 is 0 Å². The van der Waals surface area contributed by atoms with Gasteiger partial charge in [-0.3, -0.25) is 0 Å². The molecule has 1 aromatic carbocycles. The molecule has 1 aliphatic rings. The van der Waals surface area contributed by atoms with E-state index in [4.69, 9.17) is 9.47 Å². The van der Waals surface area contributed by atoms with Gasteiger partial charge in [-0.1, -0.05) is 12.1 Å². The fraction of sp³-hybridized carbons (Fsp3) is 0.538. The van der Waals surface area contributed by atoms with Crippen LogP contribution in [0.3, 0.4) is 0 Å². The van der Waals surface area contributed by atoms with E-state index in [1.807, 2.05) is 24.3 Å². The van der Waals surface area contributed by atoms with Gasteiger partial charge >= 0.3 is 0 Å². The Morgan fingerprint density at radius 1 is 1.56 bits per heavy atom. The summed E-state index contributed by atoms with van der Waals surface area (Å²) in [7, 11) is 0. The minimum Gasteiger partial charge on any atom is -0.493 e. The number of aliphatic hydroxyl groups excluding tert-OH is 1. The molecule has 1 fully saturated rings. The zero-order valence-electron chi connectivity index (χ0n) is 9.56. The average molecular weight is 222 g/mol. The molecule has 1 saturated heterocycles. The maximum absolute atomic E-state index is 9.45. The summed E-state index contributed by atoms with van der Waals surface area (Å²) in [5.41, 5.74) is 0.889. The summed E-state index contributed by atoms with van der Waals surface area (Å²) in [6.45, 7) is 4.10. The standard InChI is InChI=1S/C13H18O3/c1-10(14)12-3-2-4-13(7-12)16-9-11-5-6-15-8-11/h2-4,7,10-11,14H,5-6,8-9H2,1H3/t10-,11?/m0/s1. The second-order valence-electron chi connectivity index (χ2n) is 4.29. The van der Waals surface area contributed by atoms with Gasteiger partial charge in [0.15, 0.2) is 0 Å². The SMILES string of the molecule is C[C@H](O)c1cccc(OCC2CCOC2)c1. The highest BCUT2D eigenvalue weighted by molar-refractivity contribution is 5.29. The third kappa shape index (κ3) is 2.97. The molecule has 1 aliphatic heterocycles. The van der Waals surface area contributed by atoms with Crippen LogP contribution in [0.5, 0.6) is 5.75 Å². The van der Waals surface area contributed by atoms with Crippen molar-refractivity contribution in [2.75, 3.05) is 19.8 Å². The van der Waals surface area contributed by atoms with Crippen molar-refractivity contribution in [2.45, 2.75) is 19.4 Å². The summed E-state index contributed by atoms with van der Waals surface area (Å²) in [6, 6.07) is 7.61. The zero-order chi connectivity index (χ0) is 11.4. The predicted molar refractivity (Wildman–Crippen MR) is 61.5 cm³/mol. The van der Waals surface area contributed by atoms with Crippen molar-refractivity contribution in [2.24, 2.45) is 5.92 Å². The Morgan fingerprint density at radius 2 is 2.44 bits per heavy atom. The van der Waals surface area contributed by atoms with Gasteiger partial charge in [0.05, 0.1) is 19.3 Å². The molecule has 0 spiro atoms. The molecule has 0 saturated carbocycles. The first kappa shape index (κ1) is 11.4. The summed E-state index contributed by atoms with van der Waals surface area (Å²) >= 11 is 0. The Bertz CT molecular complexity index is 330. The molecular formula is C13H18O3. The maximum Gasteiger partial charge on any atom is 0.119 e. The van der Waals surface area contributed by atoms with Crippen LogP contribution in [0.4, 0.5) is 0 Å². The van der Waals surface area contributed by atoms with Crippen LogP contribution >= 0.6 is 0 Å². The maximum atomic E-state index is 9.45. The topological polar surface area (TPSA) is 38.7 Å². The number of benzene rings is 1. The van der Waals surface area contributed by atoms with Gasteiger partial charge in [-0.25, -0.2) is 0 Å². The van der Waals surface area contributed by atoms with Gasteiger partial charge in [0.25, 0.3) is 0 Å². The van der Waals surface area contributed by atoms with Gasteiger partial charge in [-0.2, -0.15) is 0 Å². The zero-order valence-corrected chi connectivity index (χ0v) is 9.56. The Balaban J connectivity index is 1.90. The summed E-state index contributed by atoms with van der Waals surface area (Å²) in [5.74, 6) is 1.33. The van der Waals surface area contributed by atoms with Crippen LogP contribution in [0.2, 0.25) is 0 Å². The van der Waals surface area contributed by atoms with Crippen LogP contribution in [-0.2, 0) is 4.74 Å². The first-order valence-corrected chi connectivity index (χ1v) is 5.74. The molecular weight excluding hydrogens is 204 g/mol. The van der Waals surface area contributed by atoms with Gasteiger partial charge in [0.2, 0.25) is 0 Å². The van der Waals surface area contributed by atoms with Crippen molar-refractivity contribution in [1.29, 1.82) is 0 Å². The molecule has 16 heavy (non-hydrogen) atoms. The van der Waals surface area contributed by atoms with Gasteiger partial charge in [0.1, 0.15) is 5.75 Å². The number of aliphatic hydroxyl groups is 1. The number of ether oxygens (including phenoxy) is 2. The van der Waals surface area contributed by atoms with Gasteiger partial charge in [-0.05, 0) is 31.0 Å². The molecule has 1 unspecified atom stereocenters. The van der Waals surface area contributed by atoms with E-state index in [9.17, 15) is 5.11 Å². The Labute approximate surface area is 96.0 Å². The number of rotatable bonds is 4. The quantitative estimate of drug-likeness (QED) is 0.848. The Hall–Kier alpha value is -1.06. The van der Waals surface area contributed by atoms with Crippen LogP contribution in [0.15, 0.2) is 24.3 Å². The van der Waals surface area contributed by atoms with E-state index < -0.39 is 6.10 Å². The van der Waals surface area contributed by atoms with Gasteiger partial charge in [0, 0.05) is 12.5 Å². The van der Waals surface area contributed by atoms with Crippen LogP contribution in [-0.4, -0.2) is 24.9 Å². The molecule has 0 aromatic heterocycles. The van der Waals surface area contributed by atoms with Gasteiger partial charge < -0.3 is 14.6 Å².